The molecule has 0 aromatic carbocycles. The molecule has 1 amide bonds. The molecule has 1 atom stereocenters. The molecule has 1 aliphatic heterocycles. The Morgan fingerprint density at radius 1 is 1.50 bits per heavy atom. The predicted molar refractivity (Wildman–Crippen MR) is 41.3 cm³/mol. The minimum Gasteiger partial charge on any atom is -0.353 e. The Hall–Kier alpha value is -0.144. The first-order valence-electron chi connectivity index (χ1n) is 3.67. The molecule has 73 valence electrons. The van der Waals surface area contributed by atoms with E-state index in [1.54, 1.807) is 0 Å². The molecule has 5 nitrogen and oxygen atoms in total. The second-order valence-corrected chi connectivity index (χ2v) is 2.94. The van der Waals surface area contributed by atoms with Crippen molar-refractivity contribution >= 4 is 5.91 Å². The van der Waals surface area contributed by atoms with E-state index in [1.165, 1.54) is 0 Å². The van der Waals surface area contributed by atoms with Gasteiger partial charge in [0.2, 0.25) is 0 Å². The molecule has 1 unspecified atom stereocenters. The number of rotatable bonds is 0. The fraction of sp³-hybridized carbons (Fsp3) is 0.833. The summed E-state index contributed by atoms with van der Waals surface area (Å²) in [5.41, 5.74) is 15.2. The van der Waals surface area contributed by atoms with E-state index in [0.29, 0.717) is 13.0 Å². The van der Waals surface area contributed by atoms with Crippen LogP contribution in [0.25, 0.3) is 0 Å². The number of nitrogens with two attached hydrogens (primary N) is 3. The monoisotopic (exact) mass is 217 g/mol. The molecular formula is C6H14CoN4O. The van der Waals surface area contributed by atoms with Crippen LogP contribution >= 0.6 is 0 Å². The van der Waals surface area contributed by atoms with Crippen LogP contribution in [0.15, 0.2) is 0 Å². The molecular weight excluding hydrogens is 203 g/mol. The van der Waals surface area contributed by atoms with Gasteiger partial charge in [0, 0.05) is 29.4 Å². The van der Waals surface area contributed by atoms with E-state index in [2.05, 4.69) is 5.32 Å². The van der Waals surface area contributed by atoms with Crippen molar-refractivity contribution in [2.75, 3.05) is 6.54 Å². The largest absolute Gasteiger partial charge is 0.353 e. The van der Waals surface area contributed by atoms with Crippen molar-refractivity contribution in [2.24, 2.45) is 17.2 Å². The number of hydrogen-bond donors (Lipinski definition) is 4. The van der Waals surface area contributed by atoms with Gasteiger partial charge in [-0.15, -0.1) is 0 Å². The molecule has 1 radical (unpaired) electrons. The first-order chi connectivity index (χ1) is 5.05. The average molecular weight is 217 g/mol. The maximum absolute atomic E-state index is 11.1. The first-order valence-corrected chi connectivity index (χ1v) is 3.67. The Morgan fingerprint density at radius 3 is 2.67 bits per heavy atom. The van der Waals surface area contributed by atoms with Gasteiger partial charge in [-0.25, -0.2) is 0 Å². The second-order valence-electron chi connectivity index (χ2n) is 2.94. The SMILES string of the molecule is NC1CCCNC(=O)C1(N)N.[Co]. The van der Waals surface area contributed by atoms with E-state index < -0.39 is 11.7 Å². The summed E-state index contributed by atoms with van der Waals surface area (Å²) in [7, 11) is 0. The van der Waals surface area contributed by atoms with Crippen molar-refractivity contribution in [1.29, 1.82) is 0 Å². The molecule has 0 aromatic rings. The van der Waals surface area contributed by atoms with Gasteiger partial charge in [0.1, 0.15) is 0 Å². The minimum absolute atomic E-state index is 0. The molecule has 1 rings (SSSR count). The normalized spacial score (nSPS) is 28.2. The van der Waals surface area contributed by atoms with Crippen LogP contribution in [0, 0.1) is 0 Å². The third-order valence-corrected chi connectivity index (χ3v) is 1.98. The zero-order chi connectivity index (χ0) is 8.48. The third kappa shape index (κ3) is 2.17. The first kappa shape index (κ1) is 11.9. The molecule has 1 fully saturated rings. The van der Waals surface area contributed by atoms with E-state index in [0.717, 1.165) is 6.42 Å². The molecule has 1 heterocycles. The zero-order valence-electron chi connectivity index (χ0n) is 6.67. The fourth-order valence-corrected chi connectivity index (χ4v) is 1.08. The summed E-state index contributed by atoms with van der Waals surface area (Å²) >= 11 is 0. The van der Waals surface area contributed by atoms with Gasteiger partial charge in [-0.05, 0) is 12.8 Å². The van der Waals surface area contributed by atoms with Crippen molar-refractivity contribution < 1.29 is 21.6 Å². The zero-order valence-corrected chi connectivity index (χ0v) is 7.71. The van der Waals surface area contributed by atoms with E-state index in [1.807, 2.05) is 0 Å². The summed E-state index contributed by atoms with van der Waals surface area (Å²) in [4.78, 5) is 11.1. The van der Waals surface area contributed by atoms with Crippen molar-refractivity contribution in [3.63, 3.8) is 0 Å². The van der Waals surface area contributed by atoms with Crippen LogP contribution < -0.4 is 22.5 Å². The number of hydrogen-bond acceptors (Lipinski definition) is 4. The fourth-order valence-electron chi connectivity index (χ4n) is 1.08. The van der Waals surface area contributed by atoms with Gasteiger partial charge in [0.25, 0.3) is 5.91 Å². The molecule has 0 aliphatic carbocycles. The standard InChI is InChI=1S/C6H14N4O.Co/c7-4-2-1-3-10-5(11)6(4,8)9;/h4H,1-3,7-9H2,(H,10,11);. The van der Waals surface area contributed by atoms with Crippen molar-refractivity contribution in [3.05, 3.63) is 0 Å². The minimum atomic E-state index is -1.39. The van der Waals surface area contributed by atoms with Crippen LogP contribution in [0.1, 0.15) is 12.8 Å². The topological polar surface area (TPSA) is 107 Å². The number of nitrogens with one attached hydrogen (secondary N) is 1. The summed E-state index contributed by atoms with van der Waals surface area (Å²) in [5.74, 6) is -0.359. The number of carbonyl (C=O) groups excluding carboxylic acids is 1. The Kier molecular flexibility index (Phi) is 4.14. The van der Waals surface area contributed by atoms with E-state index in [-0.39, 0.29) is 22.7 Å². The molecule has 7 N–H and O–H groups in total. The second kappa shape index (κ2) is 4.19. The van der Waals surface area contributed by atoms with Crippen LogP contribution in [-0.2, 0) is 21.6 Å². The molecule has 0 bridgehead atoms. The Bertz CT molecular complexity index is 173. The summed E-state index contributed by atoms with van der Waals surface area (Å²) in [5, 5.41) is 2.60. The molecule has 12 heavy (non-hydrogen) atoms. The quantitative estimate of drug-likeness (QED) is 0.346. The van der Waals surface area contributed by atoms with Crippen LogP contribution in [0.4, 0.5) is 0 Å². The number of carbonyl (C=O) groups is 1. The van der Waals surface area contributed by atoms with Crippen molar-refractivity contribution in [2.45, 2.75) is 24.5 Å². The van der Waals surface area contributed by atoms with E-state index in [4.69, 9.17) is 17.2 Å². The molecule has 0 spiro atoms. The summed E-state index contributed by atoms with van der Waals surface area (Å²) in [6.07, 6.45) is 1.52. The molecule has 1 aliphatic rings. The Labute approximate surface area is 81.6 Å². The van der Waals surface area contributed by atoms with Gasteiger partial charge < -0.3 is 22.5 Å². The summed E-state index contributed by atoms with van der Waals surface area (Å²) < 4.78 is 0. The Morgan fingerprint density at radius 2 is 2.08 bits per heavy atom. The Balaban J connectivity index is 0.00000121. The van der Waals surface area contributed by atoms with E-state index in [9.17, 15) is 4.79 Å². The van der Waals surface area contributed by atoms with Gasteiger partial charge in [-0.3, -0.25) is 4.79 Å². The molecule has 1 saturated heterocycles. The van der Waals surface area contributed by atoms with Crippen LogP contribution in [0.2, 0.25) is 0 Å². The predicted octanol–water partition coefficient (Wildman–Crippen LogP) is -2.17. The number of amides is 1. The van der Waals surface area contributed by atoms with Gasteiger partial charge in [0.05, 0.1) is 0 Å². The van der Waals surface area contributed by atoms with E-state index >= 15 is 0 Å². The molecule has 0 saturated carbocycles. The van der Waals surface area contributed by atoms with Crippen molar-refractivity contribution in [1.82, 2.24) is 5.32 Å². The van der Waals surface area contributed by atoms with Gasteiger partial charge >= 0.3 is 0 Å². The van der Waals surface area contributed by atoms with Crippen LogP contribution in [0.3, 0.4) is 0 Å². The molecule has 6 heteroatoms. The van der Waals surface area contributed by atoms with Crippen LogP contribution in [-0.4, -0.2) is 24.2 Å². The maximum atomic E-state index is 11.1. The summed E-state index contributed by atoms with van der Waals surface area (Å²) in [6, 6.07) is -0.440. The van der Waals surface area contributed by atoms with Gasteiger partial charge in [0.15, 0.2) is 5.66 Å². The van der Waals surface area contributed by atoms with Gasteiger partial charge in [-0.1, -0.05) is 0 Å². The van der Waals surface area contributed by atoms with Gasteiger partial charge in [-0.2, -0.15) is 0 Å². The third-order valence-electron chi connectivity index (χ3n) is 1.98. The average Bonchev–Trinajstić information content (AvgIpc) is 2.03. The molecule has 0 aromatic heterocycles. The maximum Gasteiger partial charge on any atom is 0.256 e. The van der Waals surface area contributed by atoms with Crippen LogP contribution in [0.5, 0.6) is 0 Å². The van der Waals surface area contributed by atoms with Crippen molar-refractivity contribution in [3.8, 4) is 0 Å². The smallest absolute Gasteiger partial charge is 0.256 e. The summed E-state index contributed by atoms with van der Waals surface area (Å²) in [6.45, 7) is 0.614.